The van der Waals surface area contributed by atoms with Gasteiger partial charge in [0.1, 0.15) is 6.61 Å². The highest BCUT2D eigenvalue weighted by Crippen LogP contribution is 2.22. The number of amides is 1. The first kappa shape index (κ1) is 14.6. The number of hydrogen-bond donors (Lipinski definition) is 2. The minimum absolute atomic E-state index is 0.183. The summed E-state index contributed by atoms with van der Waals surface area (Å²) in [4.78, 5) is 13.5. The lowest BCUT2D eigenvalue weighted by atomic mass is 10.2. The van der Waals surface area contributed by atoms with Crippen LogP contribution >= 0.6 is 22.9 Å². The quantitative estimate of drug-likeness (QED) is 0.836. The van der Waals surface area contributed by atoms with E-state index in [1.165, 1.54) is 11.3 Å². The summed E-state index contributed by atoms with van der Waals surface area (Å²) in [5, 5.41) is 12.1. The first-order valence-corrected chi connectivity index (χ1v) is 7.06. The van der Waals surface area contributed by atoms with Crippen molar-refractivity contribution < 1.29 is 9.90 Å². The predicted molar refractivity (Wildman–Crippen MR) is 82.4 cm³/mol. The number of aliphatic hydroxyl groups excluding tert-OH is 1. The minimum atomic E-state index is -0.191. The van der Waals surface area contributed by atoms with Crippen LogP contribution in [0.25, 0.3) is 0 Å². The second kappa shape index (κ2) is 6.58. The third-order valence-corrected chi connectivity index (χ3v) is 3.93. The number of benzene rings is 1. The van der Waals surface area contributed by atoms with Gasteiger partial charge in [-0.1, -0.05) is 23.4 Å². The van der Waals surface area contributed by atoms with Crippen LogP contribution in [0.2, 0.25) is 5.02 Å². The lowest BCUT2D eigenvalue weighted by molar-refractivity contribution is 0.103. The van der Waals surface area contributed by atoms with E-state index in [1.54, 1.807) is 30.3 Å². The van der Waals surface area contributed by atoms with Crippen molar-refractivity contribution in [2.75, 3.05) is 11.9 Å². The van der Waals surface area contributed by atoms with Crippen molar-refractivity contribution >= 4 is 34.5 Å². The maximum atomic E-state index is 12.1. The monoisotopic (exact) mass is 305 g/mol. The summed E-state index contributed by atoms with van der Waals surface area (Å²) in [5.41, 5.74) is 1.62. The largest absolute Gasteiger partial charge is 0.384 e. The van der Waals surface area contributed by atoms with Crippen LogP contribution in [-0.4, -0.2) is 17.6 Å². The SMILES string of the molecule is Cc1cc(C(=O)Nc2ccc(Cl)cc2)sc1C#CCO. The van der Waals surface area contributed by atoms with Gasteiger partial charge in [0.25, 0.3) is 5.91 Å². The number of hydrogen-bond acceptors (Lipinski definition) is 3. The average Bonchev–Trinajstić information content (AvgIpc) is 2.80. The summed E-state index contributed by atoms with van der Waals surface area (Å²) >= 11 is 7.10. The van der Waals surface area contributed by atoms with Gasteiger partial charge in [0.2, 0.25) is 0 Å². The van der Waals surface area contributed by atoms with Crippen LogP contribution < -0.4 is 5.32 Å². The fourth-order valence-corrected chi connectivity index (χ4v) is 2.63. The molecule has 1 aromatic carbocycles. The third kappa shape index (κ3) is 3.61. The number of anilines is 1. The number of nitrogens with one attached hydrogen (secondary N) is 1. The van der Waals surface area contributed by atoms with E-state index in [9.17, 15) is 4.79 Å². The number of aryl methyl sites for hydroxylation is 1. The highest BCUT2D eigenvalue weighted by atomic mass is 35.5. The van der Waals surface area contributed by atoms with E-state index in [0.29, 0.717) is 15.6 Å². The van der Waals surface area contributed by atoms with Gasteiger partial charge in [0.15, 0.2) is 0 Å². The molecule has 0 aliphatic heterocycles. The molecule has 0 aliphatic carbocycles. The van der Waals surface area contributed by atoms with Crippen LogP contribution in [0.4, 0.5) is 5.69 Å². The van der Waals surface area contributed by atoms with Crippen LogP contribution in [-0.2, 0) is 0 Å². The molecule has 1 amide bonds. The van der Waals surface area contributed by atoms with Gasteiger partial charge in [-0.05, 0) is 42.8 Å². The zero-order valence-electron chi connectivity index (χ0n) is 10.7. The zero-order valence-corrected chi connectivity index (χ0v) is 12.3. The molecule has 0 bridgehead atoms. The Morgan fingerprint density at radius 1 is 1.40 bits per heavy atom. The summed E-state index contributed by atoms with van der Waals surface area (Å²) in [6, 6.07) is 8.71. The summed E-state index contributed by atoms with van der Waals surface area (Å²) in [7, 11) is 0. The maximum absolute atomic E-state index is 12.1. The molecule has 2 N–H and O–H groups in total. The standard InChI is InChI=1S/C15H12ClNO2S/c1-10-9-14(20-13(10)3-2-8-18)15(19)17-12-6-4-11(16)5-7-12/h4-7,9,18H,8H2,1H3,(H,17,19). The number of carbonyl (C=O) groups excluding carboxylic acids is 1. The highest BCUT2D eigenvalue weighted by Gasteiger charge is 2.11. The van der Waals surface area contributed by atoms with Crippen LogP contribution in [0.5, 0.6) is 0 Å². The molecule has 0 saturated carbocycles. The molecule has 0 unspecified atom stereocenters. The van der Waals surface area contributed by atoms with E-state index >= 15 is 0 Å². The number of aliphatic hydroxyl groups is 1. The molecule has 102 valence electrons. The van der Waals surface area contributed by atoms with Crippen LogP contribution in [0.15, 0.2) is 30.3 Å². The molecule has 0 spiro atoms. The van der Waals surface area contributed by atoms with Gasteiger partial charge in [-0.15, -0.1) is 11.3 Å². The molecular formula is C15H12ClNO2S. The van der Waals surface area contributed by atoms with Crippen molar-refractivity contribution in [2.24, 2.45) is 0 Å². The molecule has 1 heterocycles. The Morgan fingerprint density at radius 3 is 2.75 bits per heavy atom. The topological polar surface area (TPSA) is 49.3 Å². The molecule has 0 atom stereocenters. The van der Waals surface area contributed by atoms with Gasteiger partial charge < -0.3 is 10.4 Å². The number of thiophene rings is 1. The normalized spacial score (nSPS) is 9.75. The number of carbonyl (C=O) groups is 1. The smallest absolute Gasteiger partial charge is 0.265 e. The molecule has 20 heavy (non-hydrogen) atoms. The summed E-state index contributed by atoms with van der Waals surface area (Å²) in [6.45, 7) is 1.70. The van der Waals surface area contributed by atoms with Crippen molar-refractivity contribution in [3.63, 3.8) is 0 Å². The highest BCUT2D eigenvalue weighted by molar-refractivity contribution is 7.14. The molecule has 2 aromatic rings. The van der Waals surface area contributed by atoms with E-state index in [1.807, 2.05) is 6.92 Å². The van der Waals surface area contributed by atoms with Crippen molar-refractivity contribution in [3.8, 4) is 11.8 Å². The summed E-state index contributed by atoms with van der Waals surface area (Å²) in [5.74, 6) is 5.23. The molecule has 3 nitrogen and oxygen atoms in total. The molecule has 5 heteroatoms. The van der Waals surface area contributed by atoms with Crippen molar-refractivity contribution in [1.29, 1.82) is 0 Å². The Balaban J connectivity index is 2.15. The number of halogens is 1. The van der Waals surface area contributed by atoms with Gasteiger partial charge in [0, 0.05) is 10.7 Å². The first-order valence-electron chi connectivity index (χ1n) is 5.87. The Hall–Kier alpha value is -1.80. The first-order chi connectivity index (χ1) is 9.60. The second-order valence-corrected chi connectivity index (χ2v) is 5.53. The van der Waals surface area contributed by atoms with Crippen LogP contribution in [0.1, 0.15) is 20.1 Å². The molecule has 2 rings (SSSR count). The van der Waals surface area contributed by atoms with Crippen LogP contribution in [0.3, 0.4) is 0 Å². The van der Waals surface area contributed by atoms with E-state index in [0.717, 1.165) is 10.4 Å². The minimum Gasteiger partial charge on any atom is -0.384 e. The zero-order chi connectivity index (χ0) is 14.5. The molecule has 0 saturated heterocycles. The van der Waals surface area contributed by atoms with E-state index in [-0.39, 0.29) is 12.5 Å². The van der Waals surface area contributed by atoms with Crippen molar-refractivity contribution in [3.05, 3.63) is 50.7 Å². The molecule has 1 aromatic heterocycles. The van der Waals surface area contributed by atoms with Crippen molar-refractivity contribution in [1.82, 2.24) is 0 Å². The Morgan fingerprint density at radius 2 is 2.10 bits per heavy atom. The van der Waals surface area contributed by atoms with Gasteiger partial charge in [0.05, 0.1) is 9.75 Å². The maximum Gasteiger partial charge on any atom is 0.265 e. The lowest BCUT2D eigenvalue weighted by Crippen LogP contribution is -2.09. The van der Waals surface area contributed by atoms with E-state index in [4.69, 9.17) is 16.7 Å². The molecule has 0 fully saturated rings. The van der Waals surface area contributed by atoms with Gasteiger partial charge >= 0.3 is 0 Å². The Bertz CT molecular complexity index is 680. The van der Waals surface area contributed by atoms with E-state index in [2.05, 4.69) is 17.2 Å². The molecule has 0 radical (unpaired) electrons. The fraction of sp³-hybridized carbons (Fsp3) is 0.133. The van der Waals surface area contributed by atoms with Crippen LogP contribution in [0, 0.1) is 18.8 Å². The third-order valence-electron chi connectivity index (χ3n) is 2.52. The fourth-order valence-electron chi connectivity index (χ4n) is 1.56. The Kier molecular flexibility index (Phi) is 4.80. The average molecular weight is 306 g/mol. The van der Waals surface area contributed by atoms with Gasteiger partial charge in [-0.2, -0.15) is 0 Å². The Labute approximate surface area is 126 Å². The predicted octanol–water partition coefficient (Wildman–Crippen LogP) is 3.31. The van der Waals surface area contributed by atoms with E-state index < -0.39 is 0 Å². The lowest BCUT2D eigenvalue weighted by Gasteiger charge is -2.02. The van der Waals surface area contributed by atoms with Crippen molar-refractivity contribution in [2.45, 2.75) is 6.92 Å². The van der Waals surface area contributed by atoms with Gasteiger partial charge in [-0.3, -0.25) is 4.79 Å². The summed E-state index contributed by atoms with van der Waals surface area (Å²) in [6.07, 6.45) is 0. The summed E-state index contributed by atoms with van der Waals surface area (Å²) < 4.78 is 0. The second-order valence-electron chi connectivity index (χ2n) is 4.04. The van der Waals surface area contributed by atoms with Gasteiger partial charge in [-0.25, -0.2) is 0 Å². The molecule has 0 aliphatic rings. The molecular weight excluding hydrogens is 294 g/mol. The number of rotatable bonds is 2.